The highest BCUT2D eigenvalue weighted by Crippen LogP contribution is 2.22. The Morgan fingerprint density at radius 1 is 1.17 bits per heavy atom. The summed E-state index contributed by atoms with van der Waals surface area (Å²) in [6.45, 7) is 0.333. The fourth-order valence-corrected chi connectivity index (χ4v) is 2.58. The minimum absolute atomic E-state index is 0.310. The van der Waals surface area contributed by atoms with E-state index in [1.54, 1.807) is 22.9 Å². The molecule has 3 rings (SSSR count). The number of aromatic nitrogens is 2. The second-order valence-corrected chi connectivity index (χ2v) is 6.09. The van der Waals surface area contributed by atoms with Crippen molar-refractivity contribution in [3.63, 3.8) is 0 Å². The fourth-order valence-electron chi connectivity index (χ4n) is 2.32. The molecule has 0 saturated heterocycles. The molecule has 0 aliphatic rings. The van der Waals surface area contributed by atoms with Crippen LogP contribution in [0.3, 0.4) is 0 Å². The molecule has 0 saturated carbocycles. The molecule has 0 spiro atoms. The Balaban J connectivity index is 1.98. The Bertz CT molecular complexity index is 859. The van der Waals surface area contributed by atoms with E-state index in [1.165, 1.54) is 12.1 Å². The third-order valence-corrected chi connectivity index (χ3v) is 4.06. The molecule has 0 aliphatic heterocycles. The smallest absolute Gasteiger partial charge is 0.283 e. The van der Waals surface area contributed by atoms with Crippen LogP contribution in [0.1, 0.15) is 16.1 Å². The maximum atomic E-state index is 13.0. The van der Waals surface area contributed by atoms with Crippen molar-refractivity contribution in [3.05, 3.63) is 76.1 Å². The van der Waals surface area contributed by atoms with Gasteiger partial charge in [-0.05, 0) is 35.9 Å². The van der Waals surface area contributed by atoms with Gasteiger partial charge in [-0.1, -0.05) is 40.2 Å². The first-order chi connectivity index (χ1) is 11.6. The van der Waals surface area contributed by atoms with Crippen molar-refractivity contribution in [2.45, 2.75) is 6.54 Å². The predicted molar refractivity (Wildman–Crippen MR) is 92.5 cm³/mol. The summed E-state index contributed by atoms with van der Waals surface area (Å²) in [7, 11) is 0. The monoisotopic (exact) mass is 388 g/mol. The van der Waals surface area contributed by atoms with E-state index in [1.807, 2.05) is 24.3 Å². The van der Waals surface area contributed by atoms with Crippen molar-refractivity contribution >= 4 is 21.8 Å². The predicted octanol–water partition coefficient (Wildman–Crippen LogP) is 3.10. The number of carbonyl (C=O) groups excluding carboxylic acids is 1. The maximum absolute atomic E-state index is 13.0. The van der Waals surface area contributed by atoms with E-state index in [-0.39, 0.29) is 5.82 Å². The zero-order valence-corrected chi connectivity index (χ0v) is 14.1. The standard InChI is InChI=1S/C17H14BrFN4O/c18-13-5-3-12(4-6-13)15-9-16(17(24)21-20)23(22-15)10-11-1-7-14(19)8-2-11/h1-9H,10,20H2,(H,21,24). The highest BCUT2D eigenvalue weighted by atomic mass is 79.9. The van der Waals surface area contributed by atoms with Crippen LogP contribution in [0.4, 0.5) is 4.39 Å². The van der Waals surface area contributed by atoms with Crippen LogP contribution < -0.4 is 11.3 Å². The quantitative estimate of drug-likeness (QED) is 0.409. The number of hydrogen-bond acceptors (Lipinski definition) is 3. The van der Waals surface area contributed by atoms with Gasteiger partial charge in [0.1, 0.15) is 11.5 Å². The van der Waals surface area contributed by atoms with Gasteiger partial charge < -0.3 is 0 Å². The molecule has 3 aromatic rings. The number of nitrogens with one attached hydrogen (secondary N) is 1. The lowest BCUT2D eigenvalue weighted by molar-refractivity contribution is 0.0943. The zero-order chi connectivity index (χ0) is 17.1. The highest BCUT2D eigenvalue weighted by Gasteiger charge is 2.16. The first-order valence-corrected chi connectivity index (χ1v) is 7.95. The molecule has 3 N–H and O–H groups in total. The Hall–Kier alpha value is -2.51. The van der Waals surface area contributed by atoms with Gasteiger partial charge in [-0.2, -0.15) is 5.10 Å². The molecular formula is C17H14BrFN4O. The molecule has 7 heteroatoms. The molecule has 1 heterocycles. The zero-order valence-electron chi connectivity index (χ0n) is 12.5. The largest absolute Gasteiger partial charge is 0.289 e. The molecule has 24 heavy (non-hydrogen) atoms. The molecule has 5 nitrogen and oxygen atoms in total. The van der Waals surface area contributed by atoms with Crippen molar-refractivity contribution < 1.29 is 9.18 Å². The van der Waals surface area contributed by atoms with Crippen molar-refractivity contribution in [3.8, 4) is 11.3 Å². The van der Waals surface area contributed by atoms with E-state index in [0.29, 0.717) is 17.9 Å². The molecule has 0 atom stereocenters. The Labute approximate surface area is 146 Å². The van der Waals surface area contributed by atoms with Crippen molar-refractivity contribution in [2.24, 2.45) is 5.84 Å². The Kier molecular flexibility index (Phi) is 4.73. The van der Waals surface area contributed by atoms with Crippen LogP contribution in [-0.2, 0) is 6.54 Å². The van der Waals surface area contributed by atoms with Crippen LogP contribution in [0.15, 0.2) is 59.1 Å². The first kappa shape index (κ1) is 16.4. The molecule has 0 aliphatic carbocycles. The molecule has 0 unspecified atom stereocenters. The number of benzene rings is 2. The lowest BCUT2D eigenvalue weighted by Crippen LogP contribution is -2.32. The average molecular weight is 389 g/mol. The number of amides is 1. The highest BCUT2D eigenvalue weighted by molar-refractivity contribution is 9.10. The summed E-state index contributed by atoms with van der Waals surface area (Å²) < 4.78 is 15.5. The minimum Gasteiger partial charge on any atom is -0.289 e. The Morgan fingerprint density at radius 3 is 2.46 bits per heavy atom. The number of nitrogens with zero attached hydrogens (tertiary/aromatic N) is 2. The van der Waals surface area contributed by atoms with Gasteiger partial charge in [0, 0.05) is 10.0 Å². The molecule has 2 aromatic carbocycles. The van der Waals surface area contributed by atoms with Gasteiger partial charge in [-0.15, -0.1) is 0 Å². The van der Waals surface area contributed by atoms with Crippen LogP contribution in [0.2, 0.25) is 0 Å². The van der Waals surface area contributed by atoms with Crippen molar-refractivity contribution in [1.82, 2.24) is 15.2 Å². The van der Waals surface area contributed by atoms with Crippen molar-refractivity contribution in [2.75, 3.05) is 0 Å². The van der Waals surface area contributed by atoms with Crippen LogP contribution >= 0.6 is 15.9 Å². The third kappa shape index (κ3) is 3.52. The van der Waals surface area contributed by atoms with E-state index < -0.39 is 5.91 Å². The third-order valence-electron chi connectivity index (χ3n) is 3.53. The van der Waals surface area contributed by atoms with Crippen LogP contribution in [0.25, 0.3) is 11.3 Å². The van der Waals surface area contributed by atoms with E-state index in [4.69, 9.17) is 5.84 Å². The first-order valence-electron chi connectivity index (χ1n) is 7.16. The number of rotatable bonds is 4. The molecule has 1 amide bonds. The number of halogens is 2. The van der Waals surface area contributed by atoms with Gasteiger partial charge in [0.05, 0.1) is 12.2 Å². The number of carbonyl (C=O) groups is 1. The minimum atomic E-state index is -0.437. The van der Waals surface area contributed by atoms with Gasteiger partial charge in [0.25, 0.3) is 5.91 Å². The number of hydrazine groups is 1. The van der Waals surface area contributed by atoms with Crippen LogP contribution in [0.5, 0.6) is 0 Å². The fraction of sp³-hybridized carbons (Fsp3) is 0.0588. The number of nitrogens with two attached hydrogens (primary N) is 1. The lowest BCUT2D eigenvalue weighted by Gasteiger charge is -2.06. The molecular weight excluding hydrogens is 375 g/mol. The molecule has 0 radical (unpaired) electrons. The number of hydrogen-bond donors (Lipinski definition) is 2. The summed E-state index contributed by atoms with van der Waals surface area (Å²) in [5, 5.41) is 4.49. The second kappa shape index (κ2) is 6.94. The van der Waals surface area contributed by atoms with Gasteiger partial charge >= 0.3 is 0 Å². The van der Waals surface area contributed by atoms with Crippen LogP contribution in [0, 0.1) is 5.82 Å². The summed E-state index contributed by atoms with van der Waals surface area (Å²) >= 11 is 3.39. The maximum Gasteiger partial charge on any atom is 0.283 e. The van der Waals surface area contributed by atoms with Gasteiger partial charge in [-0.3, -0.25) is 14.9 Å². The SMILES string of the molecule is NNC(=O)c1cc(-c2ccc(Br)cc2)nn1Cc1ccc(F)cc1. The molecule has 0 fully saturated rings. The summed E-state index contributed by atoms with van der Waals surface area (Å²) in [6, 6.07) is 15.3. The van der Waals surface area contributed by atoms with E-state index in [9.17, 15) is 9.18 Å². The summed E-state index contributed by atoms with van der Waals surface area (Å²) in [5.41, 5.74) is 4.82. The number of nitrogen functional groups attached to an aromatic ring is 1. The average Bonchev–Trinajstić information content (AvgIpc) is 3.00. The second-order valence-electron chi connectivity index (χ2n) is 5.18. The van der Waals surface area contributed by atoms with Crippen molar-refractivity contribution in [1.29, 1.82) is 0 Å². The molecule has 0 bridgehead atoms. The van der Waals surface area contributed by atoms with Gasteiger partial charge in [0.2, 0.25) is 0 Å². The summed E-state index contributed by atoms with van der Waals surface area (Å²) in [6.07, 6.45) is 0. The van der Waals surface area contributed by atoms with E-state index in [0.717, 1.165) is 15.6 Å². The molecule has 1 aromatic heterocycles. The lowest BCUT2D eigenvalue weighted by atomic mass is 10.1. The molecule has 122 valence electrons. The Morgan fingerprint density at radius 2 is 1.83 bits per heavy atom. The van der Waals surface area contributed by atoms with Gasteiger partial charge in [-0.25, -0.2) is 10.2 Å². The van der Waals surface area contributed by atoms with E-state index in [2.05, 4.69) is 26.5 Å². The van der Waals surface area contributed by atoms with Crippen LogP contribution in [-0.4, -0.2) is 15.7 Å². The summed E-state index contributed by atoms with van der Waals surface area (Å²) in [4.78, 5) is 12.0. The topological polar surface area (TPSA) is 72.9 Å². The van der Waals surface area contributed by atoms with Gasteiger partial charge in [0.15, 0.2) is 0 Å². The summed E-state index contributed by atoms with van der Waals surface area (Å²) in [5.74, 6) is 4.51. The van der Waals surface area contributed by atoms with E-state index >= 15 is 0 Å². The normalized spacial score (nSPS) is 10.6.